The lowest BCUT2D eigenvalue weighted by molar-refractivity contribution is -0.124. The molecule has 1 aromatic heterocycles. The molecule has 7 nitrogen and oxygen atoms in total. The third kappa shape index (κ3) is 5.04. The normalized spacial score (nSPS) is 10.6. The molecule has 1 heterocycles. The van der Waals surface area contributed by atoms with Crippen LogP contribution in [0.1, 0.15) is 17.8 Å². The highest BCUT2D eigenvalue weighted by atomic mass is 79.9. The second-order valence-corrected chi connectivity index (χ2v) is 7.23. The van der Waals surface area contributed by atoms with Gasteiger partial charge >= 0.3 is 0 Å². The summed E-state index contributed by atoms with van der Waals surface area (Å²) >= 11 is 3.37. The van der Waals surface area contributed by atoms with E-state index in [0.29, 0.717) is 22.4 Å². The van der Waals surface area contributed by atoms with Gasteiger partial charge in [0.1, 0.15) is 5.82 Å². The number of halogens is 1. The zero-order valence-corrected chi connectivity index (χ0v) is 16.8. The van der Waals surface area contributed by atoms with Crippen LogP contribution >= 0.6 is 15.9 Å². The number of hydrogen-bond donors (Lipinski definition) is 3. The Morgan fingerprint density at radius 2 is 1.93 bits per heavy atom. The van der Waals surface area contributed by atoms with Gasteiger partial charge in [0.25, 0.3) is 5.56 Å². The highest BCUT2D eigenvalue weighted by Gasteiger charge is 2.09. The van der Waals surface area contributed by atoms with Gasteiger partial charge in [0.2, 0.25) is 11.8 Å². The van der Waals surface area contributed by atoms with Gasteiger partial charge in [-0.15, -0.1) is 0 Å². The molecule has 0 bridgehead atoms. The van der Waals surface area contributed by atoms with E-state index in [9.17, 15) is 14.4 Å². The van der Waals surface area contributed by atoms with Crippen LogP contribution in [0, 0.1) is 6.92 Å². The van der Waals surface area contributed by atoms with Crippen molar-refractivity contribution in [2.75, 3.05) is 11.9 Å². The minimum atomic E-state index is -0.309. The Balaban J connectivity index is 1.50. The number of amides is 2. The number of fused-ring (bicyclic) bond motifs is 1. The maximum atomic E-state index is 12.0. The van der Waals surface area contributed by atoms with Crippen LogP contribution in [0.4, 0.5) is 5.69 Å². The lowest BCUT2D eigenvalue weighted by atomic mass is 10.2. The number of anilines is 1. The first-order valence-corrected chi connectivity index (χ1v) is 9.52. The zero-order chi connectivity index (χ0) is 20.1. The molecular weight excluding hydrogens is 424 g/mol. The van der Waals surface area contributed by atoms with Crippen LogP contribution in [0.3, 0.4) is 0 Å². The van der Waals surface area contributed by atoms with Crippen molar-refractivity contribution in [3.63, 3.8) is 0 Å². The maximum Gasteiger partial charge on any atom is 0.258 e. The fourth-order valence-electron chi connectivity index (χ4n) is 2.71. The summed E-state index contributed by atoms with van der Waals surface area (Å²) in [6.07, 6.45) is 0.394. The first-order chi connectivity index (χ1) is 13.4. The molecule has 144 valence electrons. The van der Waals surface area contributed by atoms with Crippen molar-refractivity contribution in [2.24, 2.45) is 0 Å². The number of aryl methyl sites for hydroxylation is 2. The van der Waals surface area contributed by atoms with E-state index >= 15 is 0 Å². The maximum absolute atomic E-state index is 12.0. The molecule has 3 N–H and O–H groups in total. The minimum absolute atomic E-state index is 0.117. The predicted octanol–water partition coefficient (Wildman–Crippen LogP) is 2.68. The average molecular weight is 443 g/mol. The Morgan fingerprint density at radius 3 is 2.71 bits per heavy atom. The van der Waals surface area contributed by atoms with Crippen molar-refractivity contribution in [1.29, 1.82) is 0 Å². The van der Waals surface area contributed by atoms with Gasteiger partial charge in [0.15, 0.2) is 0 Å². The molecule has 0 aliphatic heterocycles. The number of nitrogens with one attached hydrogen (secondary N) is 3. The van der Waals surface area contributed by atoms with E-state index in [4.69, 9.17) is 0 Å². The summed E-state index contributed by atoms with van der Waals surface area (Å²) in [4.78, 5) is 43.1. The number of benzene rings is 2. The Labute approximate surface area is 169 Å². The molecule has 28 heavy (non-hydrogen) atoms. The number of H-pyrrole nitrogens is 1. The van der Waals surface area contributed by atoms with Crippen LogP contribution < -0.4 is 16.2 Å². The fraction of sp³-hybridized carbons (Fsp3) is 0.200. The smallest absolute Gasteiger partial charge is 0.258 e. The molecule has 2 amide bonds. The van der Waals surface area contributed by atoms with Crippen molar-refractivity contribution in [1.82, 2.24) is 15.3 Å². The van der Waals surface area contributed by atoms with Gasteiger partial charge < -0.3 is 15.6 Å². The topological polar surface area (TPSA) is 104 Å². The Kier molecular flexibility index (Phi) is 6.20. The average Bonchev–Trinajstić information content (AvgIpc) is 2.67. The Morgan fingerprint density at radius 1 is 1.14 bits per heavy atom. The van der Waals surface area contributed by atoms with Gasteiger partial charge in [0.05, 0.1) is 17.4 Å². The molecule has 0 spiro atoms. The molecule has 0 fully saturated rings. The lowest BCUT2D eigenvalue weighted by Gasteiger charge is -2.09. The van der Waals surface area contributed by atoms with Crippen molar-refractivity contribution in [3.05, 3.63) is 68.7 Å². The molecule has 0 saturated heterocycles. The Bertz CT molecular complexity index is 1090. The summed E-state index contributed by atoms with van der Waals surface area (Å²) in [5, 5.41) is 5.85. The van der Waals surface area contributed by atoms with E-state index in [0.717, 1.165) is 10.0 Å². The molecule has 2 aromatic carbocycles. The molecule has 8 heteroatoms. The summed E-state index contributed by atoms with van der Waals surface area (Å²) in [6.45, 7) is 1.76. The highest BCUT2D eigenvalue weighted by Crippen LogP contribution is 2.19. The summed E-state index contributed by atoms with van der Waals surface area (Å²) < 4.78 is 0.927. The second kappa shape index (κ2) is 8.79. The second-order valence-electron chi connectivity index (χ2n) is 6.31. The van der Waals surface area contributed by atoms with Crippen LogP contribution in [0.5, 0.6) is 0 Å². The predicted molar refractivity (Wildman–Crippen MR) is 111 cm³/mol. The summed E-state index contributed by atoms with van der Waals surface area (Å²) in [6, 6.07) is 12.5. The van der Waals surface area contributed by atoms with Crippen molar-refractivity contribution >= 4 is 44.3 Å². The number of rotatable bonds is 6. The summed E-state index contributed by atoms with van der Waals surface area (Å²) in [5.41, 5.74) is 1.97. The van der Waals surface area contributed by atoms with Crippen LogP contribution in [0.25, 0.3) is 10.9 Å². The zero-order valence-electron chi connectivity index (χ0n) is 15.2. The van der Waals surface area contributed by atoms with Crippen molar-refractivity contribution in [3.8, 4) is 0 Å². The van der Waals surface area contributed by atoms with Gasteiger partial charge in [-0.3, -0.25) is 14.4 Å². The number of aromatic amines is 1. The molecule has 0 aliphatic rings. The van der Waals surface area contributed by atoms with E-state index in [2.05, 4.69) is 36.5 Å². The van der Waals surface area contributed by atoms with E-state index in [1.54, 1.807) is 30.3 Å². The molecule has 3 aromatic rings. The number of para-hydroxylation sites is 1. The van der Waals surface area contributed by atoms with Crippen LogP contribution in [-0.4, -0.2) is 28.3 Å². The largest absolute Gasteiger partial charge is 0.347 e. The van der Waals surface area contributed by atoms with E-state index < -0.39 is 0 Å². The van der Waals surface area contributed by atoms with Gasteiger partial charge in [-0.2, -0.15) is 0 Å². The van der Waals surface area contributed by atoms with Gasteiger partial charge in [0, 0.05) is 23.0 Å². The van der Waals surface area contributed by atoms with Crippen molar-refractivity contribution < 1.29 is 9.59 Å². The fourth-order valence-corrected chi connectivity index (χ4v) is 3.19. The monoisotopic (exact) mass is 442 g/mol. The number of aromatic nitrogens is 2. The molecule has 0 unspecified atom stereocenters. The van der Waals surface area contributed by atoms with E-state index in [1.165, 1.54) is 0 Å². The van der Waals surface area contributed by atoms with Gasteiger partial charge in [-0.1, -0.05) is 28.1 Å². The lowest BCUT2D eigenvalue weighted by Crippen LogP contribution is -2.33. The SMILES string of the molecule is Cc1cc(Br)ccc1NC(=O)CNC(=O)CCc1nc2ccccc2c(=O)[nH]1. The van der Waals surface area contributed by atoms with Gasteiger partial charge in [-0.25, -0.2) is 4.98 Å². The Hall–Kier alpha value is -3.00. The molecule has 0 aliphatic carbocycles. The van der Waals surface area contributed by atoms with Gasteiger partial charge in [-0.05, 0) is 42.8 Å². The van der Waals surface area contributed by atoms with Crippen LogP contribution in [0.2, 0.25) is 0 Å². The summed E-state index contributed by atoms with van der Waals surface area (Å²) in [5.74, 6) is -0.164. The van der Waals surface area contributed by atoms with E-state index in [-0.39, 0.29) is 36.8 Å². The molecule has 3 rings (SSSR count). The number of hydrogen-bond acceptors (Lipinski definition) is 4. The number of nitrogens with zero attached hydrogens (tertiary/aromatic N) is 1. The third-order valence-corrected chi connectivity index (χ3v) is 4.65. The minimum Gasteiger partial charge on any atom is -0.347 e. The summed E-state index contributed by atoms with van der Waals surface area (Å²) in [7, 11) is 0. The highest BCUT2D eigenvalue weighted by molar-refractivity contribution is 9.10. The molecule has 0 saturated carbocycles. The number of carbonyl (C=O) groups excluding carboxylic acids is 2. The van der Waals surface area contributed by atoms with Crippen LogP contribution in [-0.2, 0) is 16.0 Å². The first-order valence-electron chi connectivity index (χ1n) is 8.73. The first kappa shape index (κ1) is 19.8. The van der Waals surface area contributed by atoms with Crippen molar-refractivity contribution in [2.45, 2.75) is 19.8 Å². The molecular formula is C20H19BrN4O3. The standard InChI is InChI=1S/C20H19BrN4O3/c1-12-10-13(21)6-7-15(12)24-19(27)11-22-18(26)9-8-17-23-16-5-3-2-4-14(16)20(28)25-17/h2-7,10H,8-9,11H2,1H3,(H,22,26)(H,24,27)(H,23,25,28). The quantitative estimate of drug-likeness (QED) is 0.545. The van der Waals surface area contributed by atoms with E-state index in [1.807, 2.05) is 19.1 Å². The number of carbonyl (C=O) groups is 2. The molecule has 0 atom stereocenters. The third-order valence-electron chi connectivity index (χ3n) is 4.16. The van der Waals surface area contributed by atoms with Crippen LogP contribution in [0.15, 0.2) is 51.7 Å². The molecule has 0 radical (unpaired) electrons.